The number of aromatic nitrogens is 3. The zero-order valence-electron chi connectivity index (χ0n) is 13.2. The first-order valence-electron chi connectivity index (χ1n) is 7.99. The first-order valence-corrected chi connectivity index (χ1v) is 7.99. The van der Waals surface area contributed by atoms with Gasteiger partial charge < -0.3 is 0 Å². The predicted molar refractivity (Wildman–Crippen MR) is 96.0 cm³/mol. The maximum Gasteiger partial charge on any atom is 0.163 e. The van der Waals surface area contributed by atoms with Crippen LogP contribution in [-0.4, -0.2) is 14.5 Å². The van der Waals surface area contributed by atoms with Crippen molar-refractivity contribution in [3.8, 4) is 17.2 Å². The zero-order valence-corrected chi connectivity index (χ0v) is 13.2. The van der Waals surface area contributed by atoms with Gasteiger partial charge in [-0.15, -0.1) is 0 Å². The summed E-state index contributed by atoms with van der Waals surface area (Å²) in [5.41, 5.74) is 4.57. The number of nitrogens with zero attached hydrogens (tertiary/aromatic N) is 3. The summed E-state index contributed by atoms with van der Waals surface area (Å²) < 4.78 is 2.11. The number of benzene rings is 2. The first kappa shape index (κ1) is 14.4. The minimum absolute atomic E-state index is 0.858. The number of para-hydroxylation sites is 1. The quantitative estimate of drug-likeness (QED) is 0.554. The van der Waals surface area contributed by atoms with Gasteiger partial charge in [0.2, 0.25) is 0 Å². The maximum atomic E-state index is 4.51. The van der Waals surface area contributed by atoms with Crippen molar-refractivity contribution in [2.45, 2.75) is 6.42 Å². The van der Waals surface area contributed by atoms with Crippen molar-refractivity contribution in [1.82, 2.24) is 14.5 Å². The lowest BCUT2D eigenvalue weighted by atomic mass is 10.0. The van der Waals surface area contributed by atoms with E-state index < -0.39 is 0 Å². The summed E-state index contributed by atoms with van der Waals surface area (Å²) in [6, 6.07) is 24.8. The van der Waals surface area contributed by atoms with Gasteiger partial charge in [0.05, 0.1) is 5.69 Å². The van der Waals surface area contributed by atoms with Gasteiger partial charge in [-0.05, 0) is 35.7 Å². The van der Waals surface area contributed by atoms with E-state index in [-0.39, 0.29) is 0 Å². The minimum Gasteiger partial charge on any atom is -0.298 e. The van der Waals surface area contributed by atoms with Gasteiger partial charge in [0.1, 0.15) is 5.69 Å². The molecule has 0 aliphatic rings. The monoisotopic (exact) mass is 311 g/mol. The molecule has 2 heterocycles. The highest BCUT2D eigenvalue weighted by molar-refractivity contribution is 5.56. The van der Waals surface area contributed by atoms with E-state index in [1.165, 1.54) is 11.1 Å². The Hall–Kier alpha value is -3.20. The molecule has 0 unspecified atom stereocenters. The molecule has 24 heavy (non-hydrogen) atoms. The molecule has 4 aromatic rings. The summed E-state index contributed by atoms with van der Waals surface area (Å²) >= 11 is 0. The minimum atomic E-state index is 0.858. The fourth-order valence-corrected chi connectivity index (χ4v) is 2.89. The molecule has 3 nitrogen and oxygen atoms in total. The van der Waals surface area contributed by atoms with Crippen LogP contribution in [-0.2, 0) is 6.42 Å². The van der Waals surface area contributed by atoms with Crippen LogP contribution in [0.25, 0.3) is 17.2 Å². The van der Waals surface area contributed by atoms with E-state index >= 15 is 0 Å². The fraction of sp³-hybridized carbons (Fsp3) is 0.0476. The predicted octanol–water partition coefficient (Wildman–Crippen LogP) is 4.53. The molecule has 0 bridgehead atoms. The molecule has 0 saturated carbocycles. The number of pyridine rings is 1. The summed E-state index contributed by atoms with van der Waals surface area (Å²) in [7, 11) is 0. The molecule has 3 heteroatoms. The van der Waals surface area contributed by atoms with Crippen molar-refractivity contribution in [2.24, 2.45) is 0 Å². The third-order valence-corrected chi connectivity index (χ3v) is 4.02. The van der Waals surface area contributed by atoms with E-state index in [0.717, 1.165) is 23.6 Å². The Labute approximate surface area is 141 Å². The molecule has 0 radical (unpaired) electrons. The molecule has 2 aromatic heterocycles. The summed E-state index contributed by atoms with van der Waals surface area (Å²) in [5.74, 6) is 0.858. The van der Waals surface area contributed by atoms with Gasteiger partial charge in [0.15, 0.2) is 5.82 Å². The van der Waals surface area contributed by atoms with Gasteiger partial charge in [-0.25, -0.2) is 4.98 Å². The molecular weight excluding hydrogens is 294 g/mol. The Bertz CT molecular complexity index is 927. The lowest BCUT2D eigenvalue weighted by Gasteiger charge is -2.13. The van der Waals surface area contributed by atoms with E-state index in [1.807, 2.05) is 36.7 Å². The molecule has 0 saturated heterocycles. The first-order chi connectivity index (χ1) is 11.9. The second kappa shape index (κ2) is 6.50. The molecule has 0 atom stereocenters. The summed E-state index contributed by atoms with van der Waals surface area (Å²) in [5, 5.41) is 0. The van der Waals surface area contributed by atoms with Crippen molar-refractivity contribution >= 4 is 0 Å². The largest absolute Gasteiger partial charge is 0.298 e. The lowest BCUT2D eigenvalue weighted by molar-refractivity contribution is 1.01. The Balaban J connectivity index is 1.78. The average Bonchev–Trinajstić information content (AvgIpc) is 3.13. The molecule has 116 valence electrons. The van der Waals surface area contributed by atoms with Gasteiger partial charge in [-0.3, -0.25) is 9.55 Å². The Morgan fingerprint density at radius 1 is 0.708 bits per heavy atom. The van der Waals surface area contributed by atoms with E-state index in [9.17, 15) is 0 Å². The molecule has 0 fully saturated rings. The number of imidazole rings is 1. The van der Waals surface area contributed by atoms with Gasteiger partial charge >= 0.3 is 0 Å². The van der Waals surface area contributed by atoms with Crippen molar-refractivity contribution < 1.29 is 0 Å². The summed E-state index contributed by atoms with van der Waals surface area (Å²) in [6.07, 6.45) is 6.50. The molecule has 2 aromatic carbocycles. The lowest BCUT2D eigenvalue weighted by Crippen LogP contribution is -2.02. The van der Waals surface area contributed by atoms with Gasteiger partial charge in [0, 0.05) is 18.6 Å². The third-order valence-electron chi connectivity index (χ3n) is 4.02. The molecule has 0 aliphatic heterocycles. The normalized spacial score (nSPS) is 10.7. The van der Waals surface area contributed by atoms with Crippen molar-refractivity contribution in [3.63, 3.8) is 0 Å². The van der Waals surface area contributed by atoms with Gasteiger partial charge in [0.25, 0.3) is 0 Å². The fourth-order valence-electron chi connectivity index (χ4n) is 2.89. The number of hydrogen-bond acceptors (Lipinski definition) is 2. The molecule has 4 rings (SSSR count). The number of rotatable bonds is 4. The van der Waals surface area contributed by atoms with Crippen molar-refractivity contribution in [3.05, 3.63) is 103 Å². The third kappa shape index (κ3) is 2.84. The highest BCUT2D eigenvalue weighted by Gasteiger charge is 2.11. The second-order valence-electron chi connectivity index (χ2n) is 5.63. The Morgan fingerprint density at radius 3 is 2.33 bits per heavy atom. The smallest absolute Gasteiger partial charge is 0.163 e. The highest BCUT2D eigenvalue weighted by atomic mass is 15.1. The van der Waals surface area contributed by atoms with Crippen LogP contribution in [0.2, 0.25) is 0 Å². The van der Waals surface area contributed by atoms with Gasteiger partial charge in [-0.1, -0.05) is 54.6 Å². The van der Waals surface area contributed by atoms with E-state index in [1.54, 1.807) is 6.20 Å². The van der Waals surface area contributed by atoms with Crippen LogP contribution in [0, 0.1) is 0 Å². The van der Waals surface area contributed by atoms with Crippen molar-refractivity contribution in [1.29, 1.82) is 0 Å². The van der Waals surface area contributed by atoms with Crippen LogP contribution in [0.4, 0.5) is 0 Å². The Kier molecular flexibility index (Phi) is 3.90. The van der Waals surface area contributed by atoms with Crippen LogP contribution in [0.3, 0.4) is 0 Å². The van der Waals surface area contributed by atoms with E-state index in [0.29, 0.717) is 0 Å². The SMILES string of the molecule is c1ccc(Cc2ccccc2-n2ccnc2-c2ccccn2)cc1. The molecular formula is C21H17N3. The average molecular weight is 311 g/mol. The van der Waals surface area contributed by atoms with E-state index in [2.05, 4.69) is 63.1 Å². The topological polar surface area (TPSA) is 30.7 Å². The van der Waals surface area contributed by atoms with Crippen molar-refractivity contribution in [2.75, 3.05) is 0 Å². The Morgan fingerprint density at radius 2 is 1.50 bits per heavy atom. The zero-order chi connectivity index (χ0) is 16.2. The molecule has 0 N–H and O–H groups in total. The van der Waals surface area contributed by atoms with E-state index in [4.69, 9.17) is 0 Å². The van der Waals surface area contributed by atoms with Crippen LogP contribution in [0.1, 0.15) is 11.1 Å². The molecule has 0 aliphatic carbocycles. The molecule has 0 amide bonds. The van der Waals surface area contributed by atoms with Crippen LogP contribution in [0.15, 0.2) is 91.4 Å². The van der Waals surface area contributed by atoms with Gasteiger partial charge in [-0.2, -0.15) is 0 Å². The van der Waals surface area contributed by atoms with Crippen LogP contribution < -0.4 is 0 Å². The maximum absolute atomic E-state index is 4.51. The summed E-state index contributed by atoms with van der Waals surface area (Å²) in [4.78, 5) is 8.95. The van der Waals surface area contributed by atoms with Crippen LogP contribution >= 0.6 is 0 Å². The summed E-state index contributed by atoms with van der Waals surface area (Å²) in [6.45, 7) is 0. The van der Waals surface area contributed by atoms with Crippen LogP contribution in [0.5, 0.6) is 0 Å². The number of hydrogen-bond donors (Lipinski definition) is 0. The second-order valence-corrected chi connectivity index (χ2v) is 5.63. The molecule has 0 spiro atoms. The highest BCUT2D eigenvalue weighted by Crippen LogP contribution is 2.23. The standard InChI is InChI=1S/C21H17N3/c1-2-8-17(9-3-1)16-18-10-4-5-12-20(18)24-15-14-23-21(24)19-11-6-7-13-22-19/h1-15H,16H2.